The third-order valence-electron chi connectivity index (χ3n) is 5.10. The minimum atomic E-state index is 0.0133. The van der Waals surface area contributed by atoms with E-state index < -0.39 is 0 Å². The van der Waals surface area contributed by atoms with Gasteiger partial charge in [0.25, 0.3) is 0 Å². The second-order valence-corrected chi connectivity index (χ2v) is 7.83. The molecule has 0 saturated heterocycles. The van der Waals surface area contributed by atoms with Crippen LogP contribution in [0.1, 0.15) is 46.9 Å². The van der Waals surface area contributed by atoms with Crippen LogP contribution in [0.4, 0.5) is 5.69 Å². The van der Waals surface area contributed by atoms with Crippen LogP contribution in [-0.2, 0) is 4.79 Å². The summed E-state index contributed by atoms with van der Waals surface area (Å²) >= 11 is 1.69. The summed E-state index contributed by atoms with van der Waals surface area (Å²) in [5, 5.41) is 3.01. The number of anilines is 1. The molecule has 5 heteroatoms. The Morgan fingerprint density at radius 3 is 2.78 bits per heavy atom. The number of thiazole rings is 1. The second kappa shape index (κ2) is 7.53. The first-order valence-electron chi connectivity index (χ1n) is 9.13. The predicted octanol–water partition coefficient (Wildman–Crippen LogP) is 5.11. The van der Waals surface area contributed by atoms with E-state index in [1.54, 1.807) is 11.3 Å². The van der Waals surface area contributed by atoms with Crippen LogP contribution in [0.15, 0.2) is 54.0 Å². The number of carbonyl (C=O) groups is 1. The molecule has 1 amide bonds. The molecule has 0 spiro atoms. The monoisotopic (exact) mass is 378 g/mol. The molecule has 2 atom stereocenters. The van der Waals surface area contributed by atoms with Gasteiger partial charge in [-0.3, -0.25) is 4.79 Å². The van der Waals surface area contributed by atoms with Crippen molar-refractivity contribution in [3.63, 3.8) is 0 Å². The molecule has 0 fully saturated rings. The van der Waals surface area contributed by atoms with Gasteiger partial charge in [0.05, 0.1) is 17.8 Å². The molecule has 138 valence electrons. The highest BCUT2D eigenvalue weighted by molar-refractivity contribution is 7.09. The Morgan fingerprint density at radius 2 is 2.04 bits per heavy atom. The summed E-state index contributed by atoms with van der Waals surface area (Å²) in [7, 11) is 0. The number of hydrogen-bond donors (Lipinski definition) is 1. The van der Waals surface area contributed by atoms with Crippen LogP contribution in [0.2, 0.25) is 0 Å². The first kappa shape index (κ1) is 17.7. The number of benzene rings is 2. The Hall–Kier alpha value is -2.66. The zero-order valence-electron chi connectivity index (χ0n) is 15.4. The molecule has 4 rings (SSSR count). The smallest absolute Gasteiger partial charge is 0.225 e. The van der Waals surface area contributed by atoms with Crippen molar-refractivity contribution < 1.29 is 9.53 Å². The fourth-order valence-electron chi connectivity index (χ4n) is 3.57. The van der Waals surface area contributed by atoms with Gasteiger partial charge in [-0.05, 0) is 30.7 Å². The molecule has 1 aliphatic heterocycles. The van der Waals surface area contributed by atoms with E-state index in [1.807, 2.05) is 48.8 Å². The number of rotatable bonds is 5. The first-order chi connectivity index (χ1) is 13.1. The summed E-state index contributed by atoms with van der Waals surface area (Å²) < 4.78 is 5.67. The molecular formula is C22H22N2O2S. The minimum Gasteiger partial charge on any atom is -0.493 e. The maximum Gasteiger partial charge on any atom is 0.225 e. The molecule has 0 unspecified atom stereocenters. The Balaban J connectivity index is 1.39. The molecule has 3 aromatic rings. The highest BCUT2D eigenvalue weighted by atomic mass is 32.1. The number of aromatic nitrogens is 1. The number of carbonyl (C=O) groups excluding carboxylic acids is 1. The molecule has 1 aromatic heterocycles. The van der Waals surface area contributed by atoms with E-state index in [-0.39, 0.29) is 11.8 Å². The van der Waals surface area contributed by atoms with Gasteiger partial charge in [-0.1, -0.05) is 37.3 Å². The van der Waals surface area contributed by atoms with E-state index in [2.05, 4.69) is 29.4 Å². The van der Waals surface area contributed by atoms with E-state index in [4.69, 9.17) is 4.74 Å². The van der Waals surface area contributed by atoms with Crippen LogP contribution in [0.25, 0.3) is 0 Å². The van der Waals surface area contributed by atoms with Crippen LogP contribution in [0.3, 0.4) is 0 Å². The largest absolute Gasteiger partial charge is 0.493 e. The maximum atomic E-state index is 12.5. The number of hydrogen-bond acceptors (Lipinski definition) is 4. The Morgan fingerprint density at radius 1 is 1.26 bits per heavy atom. The third kappa shape index (κ3) is 3.74. The van der Waals surface area contributed by atoms with E-state index >= 15 is 0 Å². The van der Waals surface area contributed by atoms with E-state index in [1.165, 1.54) is 10.4 Å². The zero-order valence-corrected chi connectivity index (χ0v) is 16.3. The molecule has 2 heterocycles. The lowest BCUT2D eigenvalue weighted by molar-refractivity contribution is -0.116. The van der Waals surface area contributed by atoms with Crippen molar-refractivity contribution in [3.8, 4) is 5.75 Å². The van der Waals surface area contributed by atoms with Gasteiger partial charge in [0.15, 0.2) is 0 Å². The topological polar surface area (TPSA) is 51.2 Å². The van der Waals surface area contributed by atoms with E-state index in [9.17, 15) is 4.79 Å². The Labute approximate surface area is 163 Å². The van der Waals surface area contributed by atoms with E-state index in [0.29, 0.717) is 18.9 Å². The number of aryl methyl sites for hydroxylation is 1. The molecule has 0 radical (unpaired) electrons. The van der Waals surface area contributed by atoms with Crippen LogP contribution >= 0.6 is 11.3 Å². The summed E-state index contributed by atoms with van der Waals surface area (Å²) in [4.78, 5) is 18.1. The molecule has 1 N–H and O–H groups in total. The average Bonchev–Trinajstić information content (AvgIpc) is 3.28. The highest BCUT2D eigenvalue weighted by Gasteiger charge is 2.25. The summed E-state index contributed by atoms with van der Waals surface area (Å²) in [5.41, 5.74) is 6.14. The number of amides is 1. The van der Waals surface area contributed by atoms with Crippen molar-refractivity contribution in [2.45, 2.75) is 32.1 Å². The van der Waals surface area contributed by atoms with Crippen LogP contribution in [0.5, 0.6) is 5.75 Å². The lowest BCUT2D eigenvalue weighted by atomic mass is 9.97. The first-order valence-corrected chi connectivity index (χ1v) is 10.0. The van der Waals surface area contributed by atoms with Crippen molar-refractivity contribution in [2.75, 3.05) is 11.9 Å². The molecule has 0 saturated carbocycles. The van der Waals surface area contributed by atoms with Crippen molar-refractivity contribution >= 4 is 22.9 Å². The lowest BCUT2D eigenvalue weighted by Gasteiger charge is -2.13. The standard InChI is InChI=1S/C22H22N2O2S/c1-14(22-15(2)23-13-27-22)16-7-9-18(10-8-16)24-21(25)11-17-12-26-20-6-4-3-5-19(17)20/h3-10,13-14,17H,11-12H2,1-2H3,(H,24,25)/t14-,17+/m0/s1. The fraction of sp³-hybridized carbons (Fsp3) is 0.273. The summed E-state index contributed by atoms with van der Waals surface area (Å²) in [5.74, 6) is 1.33. The normalized spacial score (nSPS) is 16.4. The van der Waals surface area contributed by atoms with E-state index in [0.717, 1.165) is 22.7 Å². The van der Waals surface area contributed by atoms with Gasteiger partial charge in [0.1, 0.15) is 5.75 Å². The maximum absolute atomic E-state index is 12.5. The lowest BCUT2D eigenvalue weighted by Crippen LogP contribution is -2.16. The highest BCUT2D eigenvalue weighted by Crippen LogP contribution is 2.35. The van der Waals surface area contributed by atoms with Gasteiger partial charge >= 0.3 is 0 Å². The van der Waals surface area contributed by atoms with Gasteiger partial charge in [-0.15, -0.1) is 11.3 Å². The third-order valence-corrected chi connectivity index (χ3v) is 6.21. The molecule has 0 bridgehead atoms. The molecule has 4 nitrogen and oxygen atoms in total. The van der Waals surface area contributed by atoms with Crippen LogP contribution in [-0.4, -0.2) is 17.5 Å². The molecule has 0 aliphatic carbocycles. The van der Waals surface area contributed by atoms with Gasteiger partial charge in [0, 0.05) is 34.4 Å². The molecule has 27 heavy (non-hydrogen) atoms. The average molecular weight is 378 g/mol. The number of para-hydroxylation sites is 1. The molecule has 1 aliphatic rings. The van der Waals surface area contributed by atoms with Gasteiger partial charge in [-0.2, -0.15) is 0 Å². The number of fused-ring (bicyclic) bond motifs is 1. The zero-order chi connectivity index (χ0) is 18.8. The molecule has 2 aromatic carbocycles. The Kier molecular flexibility index (Phi) is 4.94. The van der Waals surface area contributed by atoms with Crippen molar-refractivity contribution in [2.24, 2.45) is 0 Å². The van der Waals surface area contributed by atoms with Gasteiger partial charge < -0.3 is 10.1 Å². The second-order valence-electron chi connectivity index (χ2n) is 6.94. The van der Waals surface area contributed by atoms with Crippen LogP contribution in [0, 0.1) is 6.92 Å². The van der Waals surface area contributed by atoms with Crippen molar-refractivity contribution in [1.29, 1.82) is 0 Å². The predicted molar refractivity (Wildman–Crippen MR) is 109 cm³/mol. The quantitative estimate of drug-likeness (QED) is 0.671. The fourth-order valence-corrected chi connectivity index (χ4v) is 4.45. The van der Waals surface area contributed by atoms with Gasteiger partial charge in [-0.25, -0.2) is 4.98 Å². The number of nitrogens with one attached hydrogen (secondary N) is 1. The summed E-state index contributed by atoms with van der Waals surface area (Å²) in [6, 6.07) is 16.0. The van der Waals surface area contributed by atoms with Gasteiger partial charge in [0.2, 0.25) is 5.91 Å². The SMILES string of the molecule is Cc1ncsc1[C@@H](C)c1ccc(NC(=O)C[C@@H]2COc3ccccc32)cc1. The van der Waals surface area contributed by atoms with Crippen LogP contribution < -0.4 is 10.1 Å². The number of nitrogens with zero attached hydrogens (tertiary/aromatic N) is 1. The Bertz CT molecular complexity index is 949. The van der Waals surface area contributed by atoms with Crippen molar-refractivity contribution in [1.82, 2.24) is 4.98 Å². The number of ether oxygens (including phenoxy) is 1. The summed E-state index contributed by atoms with van der Waals surface area (Å²) in [6.07, 6.45) is 0.426. The van der Waals surface area contributed by atoms with Crippen molar-refractivity contribution in [3.05, 3.63) is 75.7 Å². The molecular weight excluding hydrogens is 356 g/mol. The minimum absolute atomic E-state index is 0.0133. The summed E-state index contributed by atoms with van der Waals surface area (Å²) in [6.45, 7) is 4.80.